The fourth-order valence-electron chi connectivity index (χ4n) is 2.40. The van der Waals surface area contributed by atoms with Crippen molar-refractivity contribution in [2.45, 2.75) is 18.7 Å². The van der Waals surface area contributed by atoms with E-state index >= 15 is 0 Å². The number of aryl methyl sites for hydroxylation is 1. The van der Waals surface area contributed by atoms with Crippen LogP contribution in [0.1, 0.15) is 27.3 Å². The standard InChI is InChI=1S/C20H18N4O2S/c1-14-5-3-4-6-18(14)26-12-19-22-23-20(24(19)2)27-13-17(25)16-9-7-15(11-21)8-10-16/h3-10H,12-13H2,1-2H3. The van der Waals surface area contributed by atoms with Crippen molar-refractivity contribution >= 4 is 17.5 Å². The Morgan fingerprint density at radius 2 is 1.93 bits per heavy atom. The van der Waals surface area contributed by atoms with Gasteiger partial charge in [-0.15, -0.1) is 10.2 Å². The van der Waals surface area contributed by atoms with E-state index in [4.69, 9.17) is 10.00 Å². The van der Waals surface area contributed by atoms with Crippen LogP contribution < -0.4 is 4.74 Å². The molecule has 0 saturated carbocycles. The molecule has 0 atom stereocenters. The highest BCUT2D eigenvalue weighted by atomic mass is 32.2. The summed E-state index contributed by atoms with van der Waals surface area (Å²) in [5, 5.41) is 17.8. The number of benzene rings is 2. The summed E-state index contributed by atoms with van der Waals surface area (Å²) < 4.78 is 7.64. The smallest absolute Gasteiger partial charge is 0.191 e. The van der Waals surface area contributed by atoms with Crippen molar-refractivity contribution in [3.8, 4) is 11.8 Å². The van der Waals surface area contributed by atoms with Gasteiger partial charge in [0.2, 0.25) is 0 Å². The van der Waals surface area contributed by atoms with E-state index in [9.17, 15) is 4.79 Å². The minimum Gasteiger partial charge on any atom is -0.485 e. The average molecular weight is 378 g/mol. The monoisotopic (exact) mass is 378 g/mol. The van der Waals surface area contributed by atoms with Gasteiger partial charge in [0.05, 0.1) is 17.4 Å². The van der Waals surface area contributed by atoms with Crippen LogP contribution in [0, 0.1) is 18.3 Å². The Hall–Kier alpha value is -3.11. The van der Waals surface area contributed by atoms with Gasteiger partial charge in [-0.25, -0.2) is 0 Å². The first-order valence-corrected chi connectivity index (χ1v) is 9.30. The maximum atomic E-state index is 12.3. The molecule has 0 spiro atoms. The highest BCUT2D eigenvalue weighted by molar-refractivity contribution is 7.99. The van der Waals surface area contributed by atoms with Crippen molar-refractivity contribution in [3.05, 3.63) is 71.0 Å². The molecular weight excluding hydrogens is 360 g/mol. The van der Waals surface area contributed by atoms with Crippen LogP contribution in [0.15, 0.2) is 53.7 Å². The lowest BCUT2D eigenvalue weighted by Gasteiger charge is -2.08. The second kappa shape index (κ2) is 8.52. The molecule has 0 bridgehead atoms. The van der Waals surface area contributed by atoms with Gasteiger partial charge in [-0.3, -0.25) is 4.79 Å². The van der Waals surface area contributed by atoms with Gasteiger partial charge >= 0.3 is 0 Å². The summed E-state index contributed by atoms with van der Waals surface area (Å²) >= 11 is 1.32. The number of ketones is 1. The van der Waals surface area contributed by atoms with Gasteiger partial charge in [-0.1, -0.05) is 42.1 Å². The van der Waals surface area contributed by atoms with Crippen LogP contribution >= 0.6 is 11.8 Å². The number of thioether (sulfide) groups is 1. The fraction of sp³-hybridized carbons (Fsp3) is 0.200. The second-order valence-electron chi connectivity index (χ2n) is 5.91. The molecule has 0 aliphatic heterocycles. The summed E-state index contributed by atoms with van der Waals surface area (Å²) in [5.74, 6) is 1.72. The third kappa shape index (κ3) is 4.54. The van der Waals surface area contributed by atoms with Gasteiger partial charge in [0.25, 0.3) is 0 Å². The molecule has 0 aliphatic rings. The van der Waals surface area contributed by atoms with Crippen LogP contribution in [0.4, 0.5) is 0 Å². The maximum Gasteiger partial charge on any atom is 0.191 e. The summed E-state index contributed by atoms with van der Waals surface area (Å²) in [5.41, 5.74) is 2.17. The van der Waals surface area contributed by atoms with Gasteiger partial charge in [0, 0.05) is 12.6 Å². The van der Waals surface area contributed by atoms with Gasteiger partial charge in [0.1, 0.15) is 12.4 Å². The molecule has 3 rings (SSSR count). The highest BCUT2D eigenvalue weighted by Crippen LogP contribution is 2.20. The van der Waals surface area contributed by atoms with E-state index in [-0.39, 0.29) is 11.5 Å². The normalized spacial score (nSPS) is 10.4. The summed E-state index contributed by atoms with van der Waals surface area (Å²) in [6.07, 6.45) is 0. The first-order valence-electron chi connectivity index (χ1n) is 8.31. The number of nitriles is 1. The first kappa shape index (κ1) is 18.7. The van der Waals surface area contributed by atoms with Crippen molar-refractivity contribution in [1.29, 1.82) is 5.26 Å². The Labute approximate surface area is 161 Å². The van der Waals surface area contributed by atoms with E-state index < -0.39 is 0 Å². The van der Waals surface area contributed by atoms with Crippen molar-refractivity contribution in [3.63, 3.8) is 0 Å². The molecule has 2 aromatic carbocycles. The predicted molar refractivity (Wildman–Crippen MR) is 103 cm³/mol. The van der Waals surface area contributed by atoms with Crippen molar-refractivity contribution < 1.29 is 9.53 Å². The molecule has 0 radical (unpaired) electrons. The fourth-order valence-corrected chi connectivity index (χ4v) is 3.23. The number of nitrogens with zero attached hydrogens (tertiary/aromatic N) is 4. The second-order valence-corrected chi connectivity index (χ2v) is 6.86. The predicted octanol–water partition coefficient (Wildman–Crippen LogP) is 3.55. The number of aromatic nitrogens is 3. The van der Waals surface area contributed by atoms with Crippen LogP contribution in [0.5, 0.6) is 5.75 Å². The van der Waals surface area contributed by atoms with Gasteiger partial charge in [-0.05, 0) is 30.7 Å². The van der Waals surface area contributed by atoms with Gasteiger partial charge in [-0.2, -0.15) is 5.26 Å². The number of ether oxygens (including phenoxy) is 1. The number of rotatable bonds is 7. The van der Waals surface area contributed by atoms with E-state index in [1.807, 2.05) is 48.9 Å². The van der Waals surface area contributed by atoms with Crippen LogP contribution in [-0.2, 0) is 13.7 Å². The lowest BCUT2D eigenvalue weighted by Crippen LogP contribution is -2.06. The molecule has 6 nitrogen and oxygen atoms in total. The van der Waals surface area contributed by atoms with Crippen molar-refractivity contribution in [2.75, 3.05) is 5.75 Å². The molecule has 1 aromatic heterocycles. The summed E-state index contributed by atoms with van der Waals surface area (Å²) in [7, 11) is 1.85. The number of Topliss-reactive ketones (excluding diaryl/α,β-unsaturated/α-hetero) is 1. The Balaban J connectivity index is 1.59. The molecule has 0 N–H and O–H groups in total. The Bertz CT molecular complexity index is 990. The molecule has 0 amide bonds. The number of carbonyl (C=O) groups excluding carboxylic acids is 1. The Morgan fingerprint density at radius 1 is 1.19 bits per heavy atom. The number of para-hydroxylation sites is 1. The zero-order chi connectivity index (χ0) is 19.2. The maximum absolute atomic E-state index is 12.3. The van der Waals surface area contributed by atoms with Crippen molar-refractivity contribution in [2.24, 2.45) is 7.05 Å². The van der Waals surface area contributed by atoms with E-state index in [1.54, 1.807) is 24.3 Å². The summed E-state index contributed by atoms with van der Waals surface area (Å²) in [6.45, 7) is 2.29. The molecule has 27 heavy (non-hydrogen) atoms. The molecule has 3 aromatic rings. The molecule has 0 unspecified atom stereocenters. The van der Waals surface area contributed by atoms with E-state index in [1.165, 1.54) is 11.8 Å². The number of hydrogen-bond acceptors (Lipinski definition) is 6. The SMILES string of the molecule is Cc1ccccc1OCc1nnc(SCC(=O)c2ccc(C#N)cc2)n1C. The zero-order valence-electron chi connectivity index (χ0n) is 15.0. The van der Waals surface area contributed by atoms with Crippen LogP contribution in [0.2, 0.25) is 0 Å². The van der Waals surface area contributed by atoms with Gasteiger partial charge < -0.3 is 9.30 Å². The quantitative estimate of drug-likeness (QED) is 0.462. The van der Waals surface area contributed by atoms with E-state index in [0.29, 0.717) is 28.7 Å². The largest absolute Gasteiger partial charge is 0.485 e. The average Bonchev–Trinajstić information content (AvgIpc) is 3.05. The van der Waals surface area contributed by atoms with Crippen LogP contribution in [0.25, 0.3) is 0 Å². The Morgan fingerprint density at radius 3 is 2.63 bits per heavy atom. The molecule has 1 heterocycles. The number of carbonyl (C=O) groups is 1. The van der Waals surface area contributed by atoms with E-state index in [0.717, 1.165) is 11.3 Å². The number of hydrogen-bond donors (Lipinski definition) is 0. The summed E-state index contributed by atoms with van der Waals surface area (Å²) in [6, 6.07) is 16.4. The zero-order valence-corrected chi connectivity index (χ0v) is 15.9. The van der Waals surface area contributed by atoms with Gasteiger partial charge in [0.15, 0.2) is 16.8 Å². The molecule has 136 valence electrons. The van der Waals surface area contributed by atoms with E-state index in [2.05, 4.69) is 10.2 Å². The molecule has 0 fully saturated rings. The summed E-state index contributed by atoms with van der Waals surface area (Å²) in [4.78, 5) is 12.3. The molecular formula is C20H18N4O2S. The Kier molecular flexibility index (Phi) is 5.89. The first-order chi connectivity index (χ1) is 13.1. The molecule has 0 saturated heterocycles. The van der Waals surface area contributed by atoms with Crippen LogP contribution in [-0.4, -0.2) is 26.3 Å². The third-order valence-corrected chi connectivity index (χ3v) is 5.06. The molecule has 7 heteroatoms. The third-order valence-electron chi connectivity index (χ3n) is 4.04. The minimum absolute atomic E-state index is 0.0230. The highest BCUT2D eigenvalue weighted by Gasteiger charge is 2.13. The van der Waals surface area contributed by atoms with Crippen LogP contribution in [0.3, 0.4) is 0 Å². The topological polar surface area (TPSA) is 80.8 Å². The van der Waals surface area contributed by atoms with Crippen molar-refractivity contribution in [1.82, 2.24) is 14.8 Å². The molecule has 0 aliphatic carbocycles. The lowest BCUT2D eigenvalue weighted by molar-refractivity contribution is 0.102. The lowest BCUT2D eigenvalue weighted by atomic mass is 10.1. The minimum atomic E-state index is -0.0230.